The second kappa shape index (κ2) is 2.61. The lowest BCUT2D eigenvalue weighted by molar-refractivity contribution is -0.559. The quantitative estimate of drug-likeness (QED) is 0.642. The number of hydrogen-bond acceptors (Lipinski definition) is 2. The largest absolute Gasteiger partial charge is 0.506 e. The number of hydrogen-bond donors (Lipinski definition) is 1. The number of allylic oxidation sites excluding steroid dienone is 1. The highest BCUT2D eigenvalue weighted by Gasteiger charge is 2.25. The summed E-state index contributed by atoms with van der Waals surface area (Å²) in [5.41, 5.74) is 1.88. The molecule has 2 heterocycles. The van der Waals surface area contributed by atoms with Gasteiger partial charge in [-0.1, -0.05) is 12.1 Å². The number of oxazole rings is 1. The first kappa shape index (κ1) is 7.62. The third kappa shape index (κ3) is 0.954. The first-order valence-electron chi connectivity index (χ1n) is 4.66. The van der Waals surface area contributed by atoms with E-state index in [0.717, 1.165) is 23.4 Å². The van der Waals surface area contributed by atoms with Crippen molar-refractivity contribution in [3.05, 3.63) is 35.9 Å². The maximum absolute atomic E-state index is 9.43. The van der Waals surface area contributed by atoms with Crippen LogP contribution < -0.4 is 4.57 Å². The monoisotopic (exact) mass is 188 g/mol. The maximum atomic E-state index is 9.43. The van der Waals surface area contributed by atoms with E-state index < -0.39 is 0 Å². The first-order valence-corrected chi connectivity index (χ1v) is 4.66. The fraction of sp³-hybridized carbons (Fsp3) is 0.182. The van der Waals surface area contributed by atoms with E-state index in [9.17, 15) is 5.11 Å². The highest BCUT2D eigenvalue weighted by atomic mass is 16.4. The van der Waals surface area contributed by atoms with Crippen molar-refractivity contribution in [1.29, 1.82) is 0 Å². The van der Waals surface area contributed by atoms with Gasteiger partial charge < -0.3 is 9.52 Å². The number of para-hydroxylation sites is 2. The van der Waals surface area contributed by atoms with Crippen LogP contribution in [0.25, 0.3) is 17.3 Å². The van der Waals surface area contributed by atoms with E-state index in [0.29, 0.717) is 12.2 Å². The van der Waals surface area contributed by atoms with Crippen LogP contribution in [0, 0.1) is 0 Å². The Balaban J connectivity index is 2.37. The van der Waals surface area contributed by atoms with Gasteiger partial charge in [0.1, 0.15) is 0 Å². The van der Waals surface area contributed by atoms with Crippen LogP contribution in [0.4, 0.5) is 0 Å². The molecule has 0 amide bonds. The van der Waals surface area contributed by atoms with E-state index in [4.69, 9.17) is 4.42 Å². The summed E-state index contributed by atoms with van der Waals surface area (Å²) >= 11 is 0. The van der Waals surface area contributed by atoms with E-state index in [1.54, 1.807) is 6.20 Å². The molecule has 1 aliphatic rings. The van der Waals surface area contributed by atoms with Gasteiger partial charge in [-0.05, 0) is 6.07 Å². The number of nitrogens with zero attached hydrogens (tertiary/aromatic N) is 1. The Labute approximate surface area is 80.9 Å². The number of fused-ring (bicyclic) bond motifs is 3. The summed E-state index contributed by atoms with van der Waals surface area (Å²) in [7, 11) is 0. The van der Waals surface area contributed by atoms with Crippen molar-refractivity contribution in [3.63, 3.8) is 0 Å². The van der Waals surface area contributed by atoms with Gasteiger partial charge in [0.15, 0.2) is 5.76 Å². The lowest BCUT2D eigenvalue weighted by Gasteiger charge is -1.99. The molecule has 0 bridgehead atoms. The van der Waals surface area contributed by atoms with Crippen LogP contribution in [0.15, 0.2) is 34.4 Å². The van der Waals surface area contributed by atoms with Crippen LogP contribution in [-0.2, 0) is 6.42 Å². The first-order chi connectivity index (χ1) is 6.84. The molecule has 0 aliphatic carbocycles. The molecule has 0 spiro atoms. The van der Waals surface area contributed by atoms with Gasteiger partial charge in [-0.15, -0.1) is 4.57 Å². The zero-order valence-corrected chi connectivity index (χ0v) is 7.60. The Kier molecular flexibility index (Phi) is 1.42. The van der Waals surface area contributed by atoms with Crippen molar-refractivity contribution < 1.29 is 14.1 Å². The normalized spacial score (nSPS) is 15.3. The second-order valence-electron chi connectivity index (χ2n) is 3.45. The topological polar surface area (TPSA) is 37.2 Å². The standard InChI is InChI=1S/C11H9NO2/c13-8-5-6-11-12(7-8)9-3-1-2-4-10(9)14-11/h1-4,7H,5-6H2/p+1. The lowest BCUT2D eigenvalue weighted by atomic mass is 10.2. The average Bonchev–Trinajstić information content (AvgIpc) is 2.56. The van der Waals surface area contributed by atoms with Crippen LogP contribution >= 0.6 is 0 Å². The minimum absolute atomic E-state index is 0.411. The molecule has 3 heteroatoms. The highest BCUT2D eigenvalue weighted by Crippen LogP contribution is 2.18. The fourth-order valence-corrected chi connectivity index (χ4v) is 1.81. The van der Waals surface area contributed by atoms with Crippen LogP contribution in [-0.4, -0.2) is 5.11 Å². The number of aryl methyl sites for hydroxylation is 1. The Morgan fingerprint density at radius 2 is 2.07 bits per heavy atom. The summed E-state index contributed by atoms with van der Waals surface area (Å²) in [5.74, 6) is 1.32. The Morgan fingerprint density at radius 1 is 1.21 bits per heavy atom. The maximum Gasteiger partial charge on any atom is 0.354 e. The van der Waals surface area contributed by atoms with E-state index in [-0.39, 0.29) is 0 Å². The van der Waals surface area contributed by atoms with Crippen molar-refractivity contribution in [1.82, 2.24) is 0 Å². The minimum atomic E-state index is 0.411. The van der Waals surface area contributed by atoms with Gasteiger partial charge in [0, 0.05) is 12.5 Å². The van der Waals surface area contributed by atoms with Gasteiger partial charge in [0.05, 0.1) is 6.42 Å². The Bertz CT molecular complexity index is 525. The molecule has 2 aromatic rings. The second-order valence-corrected chi connectivity index (χ2v) is 3.45. The third-order valence-corrected chi connectivity index (χ3v) is 2.49. The fourth-order valence-electron chi connectivity index (χ4n) is 1.81. The van der Waals surface area contributed by atoms with Crippen molar-refractivity contribution in [2.75, 3.05) is 0 Å². The summed E-state index contributed by atoms with van der Waals surface area (Å²) in [4.78, 5) is 0. The summed E-state index contributed by atoms with van der Waals surface area (Å²) in [6.45, 7) is 0. The summed E-state index contributed by atoms with van der Waals surface area (Å²) in [6, 6.07) is 7.83. The van der Waals surface area contributed by atoms with Crippen LogP contribution in [0.1, 0.15) is 12.3 Å². The van der Waals surface area contributed by atoms with Crippen molar-refractivity contribution in [2.45, 2.75) is 12.8 Å². The molecule has 1 aliphatic heterocycles. The predicted molar refractivity (Wildman–Crippen MR) is 51.6 cm³/mol. The molecule has 0 unspecified atom stereocenters. The van der Waals surface area contributed by atoms with Crippen LogP contribution in [0.5, 0.6) is 0 Å². The predicted octanol–water partition coefficient (Wildman–Crippen LogP) is 2.02. The Hall–Kier alpha value is -1.77. The molecule has 0 atom stereocenters. The zero-order chi connectivity index (χ0) is 9.54. The number of aliphatic hydroxyl groups is 1. The van der Waals surface area contributed by atoms with Crippen molar-refractivity contribution >= 4 is 17.3 Å². The smallest absolute Gasteiger partial charge is 0.354 e. The molecule has 0 saturated carbocycles. The molecule has 1 N–H and O–H groups in total. The van der Waals surface area contributed by atoms with Crippen LogP contribution in [0.3, 0.4) is 0 Å². The molecule has 0 radical (unpaired) electrons. The number of aliphatic hydroxyl groups excluding tert-OH is 1. The van der Waals surface area contributed by atoms with Gasteiger partial charge in [0.2, 0.25) is 11.8 Å². The van der Waals surface area contributed by atoms with Gasteiger partial charge >= 0.3 is 5.89 Å². The molecular weight excluding hydrogens is 178 g/mol. The summed E-state index contributed by atoms with van der Waals surface area (Å²) < 4.78 is 7.56. The zero-order valence-electron chi connectivity index (χ0n) is 7.60. The lowest BCUT2D eigenvalue weighted by Crippen LogP contribution is -2.32. The number of benzene rings is 1. The molecular formula is C11H10NO2+. The molecule has 14 heavy (non-hydrogen) atoms. The molecule has 1 aromatic carbocycles. The molecule has 3 rings (SSSR count). The molecule has 1 aromatic heterocycles. The minimum Gasteiger partial charge on any atom is -0.506 e. The van der Waals surface area contributed by atoms with E-state index in [2.05, 4.69) is 0 Å². The molecule has 70 valence electrons. The average molecular weight is 188 g/mol. The third-order valence-electron chi connectivity index (χ3n) is 2.49. The Morgan fingerprint density at radius 3 is 3.00 bits per heavy atom. The molecule has 0 saturated heterocycles. The van der Waals surface area contributed by atoms with Gasteiger partial charge in [-0.3, -0.25) is 0 Å². The van der Waals surface area contributed by atoms with Crippen molar-refractivity contribution in [3.8, 4) is 0 Å². The van der Waals surface area contributed by atoms with Gasteiger partial charge in [-0.25, -0.2) is 0 Å². The molecule has 0 fully saturated rings. The SMILES string of the molecule is OC1=C[n+]2c(oc3ccccc32)CC1. The molecule has 3 nitrogen and oxygen atoms in total. The van der Waals surface area contributed by atoms with Gasteiger partial charge in [0.25, 0.3) is 5.52 Å². The highest BCUT2D eigenvalue weighted by molar-refractivity contribution is 5.69. The van der Waals surface area contributed by atoms with Crippen LogP contribution in [0.2, 0.25) is 0 Å². The van der Waals surface area contributed by atoms with E-state index in [1.807, 2.05) is 28.8 Å². The number of rotatable bonds is 0. The number of aromatic nitrogens is 1. The van der Waals surface area contributed by atoms with E-state index in [1.165, 1.54) is 0 Å². The van der Waals surface area contributed by atoms with E-state index >= 15 is 0 Å². The van der Waals surface area contributed by atoms with Crippen molar-refractivity contribution in [2.24, 2.45) is 0 Å². The summed E-state index contributed by atoms with van der Waals surface area (Å²) in [5, 5.41) is 9.43. The van der Waals surface area contributed by atoms with Gasteiger partial charge in [-0.2, -0.15) is 0 Å². The summed E-state index contributed by atoms with van der Waals surface area (Å²) in [6.07, 6.45) is 3.15.